The lowest BCUT2D eigenvalue weighted by atomic mass is 10.2. The van der Waals surface area contributed by atoms with Gasteiger partial charge >= 0.3 is 19.8 Å². The molecule has 0 spiro atoms. The fourth-order valence-electron chi connectivity index (χ4n) is 3.49. The van der Waals surface area contributed by atoms with E-state index in [4.69, 9.17) is 18.5 Å². The van der Waals surface area contributed by atoms with E-state index in [0.29, 0.717) is 12.8 Å². The number of aliphatic hydroxyl groups excluding tert-OH is 2. The molecule has 3 N–H and O–H groups in total. The van der Waals surface area contributed by atoms with Gasteiger partial charge in [0.1, 0.15) is 12.2 Å². The minimum Gasteiger partial charge on any atom is -0.457 e. The fourth-order valence-corrected chi connectivity index (χ4v) is 4.27. The molecule has 0 saturated carbocycles. The number of phosphoric ester groups is 1. The lowest BCUT2D eigenvalue weighted by Crippen LogP contribution is -2.28. The second-order valence-electron chi connectivity index (χ2n) is 10.1. The van der Waals surface area contributed by atoms with Crippen molar-refractivity contribution in [2.24, 2.45) is 0 Å². The number of hydrogen-bond donors (Lipinski definition) is 3. The lowest BCUT2D eigenvalue weighted by molar-refractivity contribution is -0.153. The van der Waals surface area contributed by atoms with Crippen LogP contribution in [0.2, 0.25) is 0 Å². The summed E-state index contributed by atoms with van der Waals surface area (Å²) in [5.41, 5.74) is 0. The summed E-state index contributed by atoms with van der Waals surface area (Å²) in [4.78, 5) is 33.7. The molecule has 3 unspecified atom stereocenters. The number of unbranched alkanes of at least 4 members (excludes halogenated alkanes) is 2. The molecule has 10 nitrogen and oxygen atoms in total. The maximum absolute atomic E-state index is 12.1. The predicted molar refractivity (Wildman–Crippen MR) is 177 cm³/mol. The Bertz CT molecular complexity index is 983. The Hall–Kier alpha value is -2.59. The van der Waals surface area contributed by atoms with Gasteiger partial charge < -0.3 is 24.6 Å². The molecule has 256 valence electrons. The van der Waals surface area contributed by atoms with Crippen molar-refractivity contribution in [3.05, 3.63) is 72.9 Å². The summed E-state index contributed by atoms with van der Waals surface area (Å²) in [6.07, 6.45) is 31.5. The first-order chi connectivity index (χ1) is 21.8. The fraction of sp³-hybridized carbons (Fsp3) is 0.588. The summed E-state index contributed by atoms with van der Waals surface area (Å²) < 4.78 is 31.9. The van der Waals surface area contributed by atoms with Crippen LogP contribution in [0.3, 0.4) is 0 Å². The zero-order chi connectivity index (χ0) is 33.4. The largest absolute Gasteiger partial charge is 0.472 e. The molecular formula is C34H55O10P. The van der Waals surface area contributed by atoms with Crippen molar-refractivity contribution in [2.75, 3.05) is 26.4 Å². The second kappa shape index (κ2) is 30.1. The molecule has 0 rings (SSSR count). The van der Waals surface area contributed by atoms with Crippen molar-refractivity contribution >= 4 is 19.8 Å². The van der Waals surface area contributed by atoms with Gasteiger partial charge in [-0.25, -0.2) is 4.57 Å². The van der Waals surface area contributed by atoms with E-state index in [0.717, 1.165) is 51.4 Å². The van der Waals surface area contributed by atoms with Gasteiger partial charge in [-0.15, -0.1) is 0 Å². The van der Waals surface area contributed by atoms with E-state index in [-0.39, 0.29) is 12.8 Å². The molecule has 0 aromatic heterocycles. The summed E-state index contributed by atoms with van der Waals surface area (Å²) in [5, 5.41) is 18.8. The number of phosphoric acid groups is 1. The molecule has 0 aliphatic heterocycles. The summed E-state index contributed by atoms with van der Waals surface area (Å²) in [6.45, 7) is 1.73. The van der Waals surface area contributed by atoms with Crippen molar-refractivity contribution in [2.45, 2.75) is 103 Å². The van der Waals surface area contributed by atoms with E-state index in [2.05, 4.69) is 61.6 Å². The van der Waals surface area contributed by atoms with Crippen molar-refractivity contribution in [3.8, 4) is 0 Å². The first kappa shape index (κ1) is 42.4. The smallest absolute Gasteiger partial charge is 0.457 e. The second-order valence-corrected chi connectivity index (χ2v) is 11.5. The predicted octanol–water partition coefficient (Wildman–Crippen LogP) is 6.99. The summed E-state index contributed by atoms with van der Waals surface area (Å²) in [7, 11) is -4.63. The van der Waals surface area contributed by atoms with Crippen molar-refractivity contribution < 1.29 is 47.8 Å². The van der Waals surface area contributed by atoms with Crippen molar-refractivity contribution in [1.82, 2.24) is 0 Å². The lowest BCUT2D eigenvalue weighted by Gasteiger charge is -2.20. The van der Waals surface area contributed by atoms with Crippen LogP contribution in [0.4, 0.5) is 0 Å². The normalized spacial score (nSPS) is 15.2. The summed E-state index contributed by atoms with van der Waals surface area (Å²) in [6, 6.07) is 0. The van der Waals surface area contributed by atoms with Gasteiger partial charge in [-0.2, -0.15) is 0 Å². The van der Waals surface area contributed by atoms with Crippen LogP contribution in [-0.4, -0.2) is 65.7 Å². The number of ether oxygens (including phenoxy) is 2. The van der Waals surface area contributed by atoms with Crippen LogP contribution < -0.4 is 0 Å². The Kier molecular flexibility index (Phi) is 28.4. The molecule has 0 bridgehead atoms. The van der Waals surface area contributed by atoms with E-state index in [9.17, 15) is 29.3 Å². The minimum absolute atomic E-state index is 0.0632. The molecule has 0 aliphatic rings. The first-order valence-corrected chi connectivity index (χ1v) is 17.4. The summed E-state index contributed by atoms with van der Waals surface area (Å²) in [5.74, 6) is -1.14. The SMILES string of the molecule is CC/C=C\C/C=C\C/C=C\C/C=C\C/C=C\C/C=C\CCC(=O)OC(CO)COP(=O)(O)OCC(CO)OC(=O)CCCCC. The number of hydrogen-bond acceptors (Lipinski definition) is 9. The number of allylic oxidation sites excluding steroid dienone is 12. The molecule has 0 radical (unpaired) electrons. The Morgan fingerprint density at radius 3 is 1.42 bits per heavy atom. The van der Waals surface area contributed by atoms with Gasteiger partial charge in [0.05, 0.1) is 26.4 Å². The zero-order valence-electron chi connectivity index (χ0n) is 27.0. The molecule has 0 saturated heterocycles. The van der Waals surface area contributed by atoms with E-state index in [1.54, 1.807) is 0 Å². The van der Waals surface area contributed by atoms with Crippen LogP contribution in [0.15, 0.2) is 72.9 Å². The quantitative estimate of drug-likeness (QED) is 0.0349. The van der Waals surface area contributed by atoms with E-state index >= 15 is 0 Å². The molecule has 0 fully saturated rings. The number of rotatable bonds is 28. The van der Waals surface area contributed by atoms with Gasteiger partial charge in [0, 0.05) is 12.8 Å². The van der Waals surface area contributed by atoms with Crippen molar-refractivity contribution in [1.29, 1.82) is 0 Å². The molecule has 11 heteroatoms. The van der Waals surface area contributed by atoms with E-state index < -0.39 is 58.4 Å². The zero-order valence-corrected chi connectivity index (χ0v) is 27.9. The topological polar surface area (TPSA) is 149 Å². The third-order valence-corrected chi connectivity index (χ3v) is 6.90. The third kappa shape index (κ3) is 28.6. The molecule has 45 heavy (non-hydrogen) atoms. The van der Waals surface area contributed by atoms with Crippen LogP contribution in [-0.2, 0) is 32.7 Å². The highest BCUT2D eigenvalue weighted by molar-refractivity contribution is 7.47. The van der Waals surface area contributed by atoms with Crippen molar-refractivity contribution in [3.63, 3.8) is 0 Å². The van der Waals surface area contributed by atoms with Crippen LogP contribution in [0.5, 0.6) is 0 Å². The Morgan fingerprint density at radius 2 is 1.02 bits per heavy atom. The van der Waals surface area contributed by atoms with Crippen LogP contribution in [0.25, 0.3) is 0 Å². The standard InChI is InChI=1S/C34H55O10P/c1-3-5-7-8-9-10-11-12-13-14-15-16-17-18-19-20-21-22-24-26-34(38)44-32(28-36)30-42-45(39,40)41-29-31(27-35)43-33(37)25-23-6-4-2/h5,7,9-10,12-13,15-16,18-19,21-22,31-32,35-36H,3-4,6,8,11,14,17,20,23-30H2,1-2H3,(H,39,40)/b7-5-,10-9-,13-12-,16-15-,19-18-,22-21-. The Balaban J connectivity index is 4.12. The average molecular weight is 655 g/mol. The Morgan fingerprint density at radius 1 is 0.622 bits per heavy atom. The van der Waals surface area contributed by atoms with Gasteiger partial charge in [0.15, 0.2) is 0 Å². The molecule has 0 amide bonds. The van der Waals surface area contributed by atoms with Gasteiger partial charge in [-0.3, -0.25) is 18.6 Å². The van der Waals surface area contributed by atoms with Crippen LogP contribution >= 0.6 is 7.82 Å². The maximum atomic E-state index is 12.1. The highest BCUT2D eigenvalue weighted by Gasteiger charge is 2.27. The molecule has 0 aliphatic carbocycles. The molecule has 0 aromatic rings. The molecular weight excluding hydrogens is 599 g/mol. The van der Waals surface area contributed by atoms with E-state index in [1.807, 2.05) is 25.2 Å². The van der Waals surface area contributed by atoms with Crippen LogP contribution in [0.1, 0.15) is 90.9 Å². The molecule has 0 aromatic carbocycles. The Labute approximate surface area is 269 Å². The van der Waals surface area contributed by atoms with Gasteiger partial charge in [0.25, 0.3) is 0 Å². The molecule has 3 atom stereocenters. The minimum atomic E-state index is -4.63. The molecule has 0 heterocycles. The first-order valence-electron chi connectivity index (χ1n) is 15.9. The van der Waals surface area contributed by atoms with E-state index in [1.165, 1.54) is 0 Å². The highest BCUT2D eigenvalue weighted by Crippen LogP contribution is 2.43. The van der Waals surface area contributed by atoms with Gasteiger partial charge in [-0.1, -0.05) is 99.6 Å². The number of aliphatic hydroxyl groups is 2. The van der Waals surface area contributed by atoms with Gasteiger partial charge in [-0.05, 0) is 51.4 Å². The third-order valence-electron chi connectivity index (χ3n) is 5.95. The maximum Gasteiger partial charge on any atom is 0.472 e. The number of carbonyl (C=O) groups is 2. The number of carbonyl (C=O) groups excluding carboxylic acids is 2. The summed E-state index contributed by atoms with van der Waals surface area (Å²) >= 11 is 0. The van der Waals surface area contributed by atoms with Gasteiger partial charge in [0.2, 0.25) is 0 Å². The average Bonchev–Trinajstić information content (AvgIpc) is 3.02. The van der Waals surface area contributed by atoms with Crippen LogP contribution in [0, 0.1) is 0 Å². The monoisotopic (exact) mass is 654 g/mol. The highest BCUT2D eigenvalue weighted by atomic mass is 31.2. The number of esters is 2.